The smallest absolute Gasteiger partial charge is 0.328 e. The molecule has 0 spiro atoms. The lowest BCUT2D eigenvalue weighted by Gasteiger charge is -2.37. The van der Waals surface area contributed by atoms with Gasteiger partial charge in [-0.3, -0.25) is 23.9 Å². The molecule has 26 heavy (non-hydrogen) atoms. The van der Waals surface area contributed by atoms with Gasteiger partial charge in [-0.25, -0.2) is 4.79 Å². The Kier molecular flexibility index (Phi) is 4.92. The van der Waals surface area contributed by atoms with Gasteiger partial charge in [-0.1, -0.05) is 12.1 Å². The van der Waals surface area contributed by atoms with E-state index in [1.807, 2.05) is 0 Å². The number of carbonyl (C=O) groups excluding carboxylic acids is 1. The standard InChI is InChI=1S/C18H21N3O5/c1-11-12(17(24)25)6-4-9-20(11)15(22)8-10-21-14-7-3-2-5-13(14)16(23)19-18(21)26/h2-3,5,7,11-12H,4,6,8-10H2,1H3,(H,24,25)(H,19,23,26)/t11-,12-/m1/s1. The number of hydrogen-bond acceptors (Lipinski definition) is 4. The number of likely N-dealkylation sites (tertiary alicyclic amines) is 1. The van der Waals surface area contributed by atoms with Crippen molar-refractivity contribution in [2.24, 2.45) is 5.92 Å². The van der Waals surface area contributed by atoms with Crippen molar-refractivity contribution < 1.29 is 14.7 Å². The van der Waals surface area contributed by atoms with Gasteiger partial charge in [-0.05, 0) is 31.9 Å². The minimum absolute atomic E-state index is 0.0621. The molecule has 138 valence electrons. The Morgan fingerprint density at radius 2 is 2.00 bits per heavy atom. The monoisotopic (exact) mass is 359 g/mol. The van der Waals surface area contributed by atoms with Crippen LogP contribution < -0.4 is 11.2 Å². The Morgan fingerprint density at radius 3 is 2.73 bits per heavy atom. The Morgan fingerprint density at radius 1 is 1.27 bits per heavy atom. The van der Waals surface area contributed by atoms with Gasteiger partial charge in [0.1, 0.15) is 0 Å². The third-order valence-corrected chi connectivity index (χ3v) is 5.08. The lowest BCUT2D eigenvalue weighted by molar-refractivity contribution is -0.149. The number of nitrogens with one attached hydrogen (secondary N) is 1. The van der Waals surface area contributed by atoms with Crippen LogP contribution >= 0.6 is 0 Å². The van der Waals surface area contributed by atoms with Crippen LogP contribution in [0.3, 0.4) is 0 Å². The van der Waals surface area contributed by atoms with Crippen LogP contribution in [0.2, 0.25) is 0 Å². The molecule has 0 saturated carbocycles. The quantitative estimate of drug-likeness (QED) is 0.838. The van der Waals surface area contributed by atoms with E-state index < -0.39 is 23.1 Å². The van der Waals surface area contributed by atoms with Crippen LogP contribution in [0.25, 0.3) is 10.9 Å². The number of aromatic nitrogens is 2. The van der Waals surface area contributed by atoms with E-state index in [0.717, 1.165) is 0 Å². The van der Waals surface area contributed by atoms with Gasteiger partial charge < -0.3 is 10.0 Å². The third kappa shape index (κ3) is 3.26. The number of hydrogen-bond donors (Lipinski definition) is 2. The molecule has 2 heterocycles. The van der Waals surface area contributed by atoms with Crippen LogP contribution in [0.4, 0.5) is 0 Å². The molecule has 1 aromatic heterocycles. The van der Waals surface area contributed by atoms with Gasteiger partial charge in [0.2, 0.25) is 5.91 Å². The number of aliphatic carboxylic acids is 1. The number of aryl methyl sites for hydroxylation is 1. The summed E-state index contributed by atoms with van der Waals surface area (Å²) in [6.45, 7) is 2.39. The second-order valence-corrected chi connectivity index (χ2v) is 6.59. The van der Waals surface area contributed by atoms with E-state index in [2.05, 4.69) is 4.98 Å². The highest BCUT2D eigenvalue weighted by Crippen LogP contribution is 2.24. The normalized spacial score (nSPS) is 20.3. The maximum atomic E-state index is 12.6. The number of fused-ring (bicyclic) bond motifs is 1. The molecular formula is C18H21N3O5. The molecule has 2 aromatic rings. The molecule has 0 aliphatic carbocycles. The van der Waals surface area contributed by atoms with Crippen molar-refractivity contribution in [2.45, 2.75) is 38.8 Å². The minimum atomic E-state index is -0.891. The van der Waals surface area contributed by atoms with Crippen LogP contribution in [-0.2, 0) is 16.1 Å². The Labute approximate surface area is 149 Å². The van der Waals surface area contributed by atoms with E-state index in [0.29, 0.717) is 30.3 Å². The number of rotatable bonds is 4. The third-order valence-electron chi connectivity index (χ3n) is 5.08. The van der Waals surface area contributed by atoms with Gasteiger partial charge in [0.15, 0.2) is 0 Å². The van der Waals surface area contributed by atoms with Crippen molar-refractivity contribution >= 4 is 22.8 Å². The second-order valence-electron chi connectivity index (χ2n) is 6.59. The molecule has 0 unspecified atom stereocenters. The summed E-state index contributed by atoms with van der Waals surface area (Å²) in [5.74, 6) is -1.65. The summed E-state index contributed by atoms with van der Waals surface area (Å²) < 4.78 is 1.37. The number of H-pyrrole nitrogens is 1. The predicted molar refractivity (Wildman–Crippen MR) is 95.0 cm³/mol. The maximum absolute atomic E-state index is 12.6. The van der Waals surface area contributed by atoms with Gasteiger partial charge >= 0.3 is 11.7 Å². The molecular weight excluding hydrogens is 338 g/mol. The predicted octanol–water partition coefficient (Wildman–Crippen LogP) is 0.792. The fourth-order valence-electron chi connectivity index (χ4n) is 3.64. The van der Waals surface area contributed by atoms with Crippen molar-refractivity contribution in [3.05, 3.63) is 45.1 Å². The van der Waals surface area contributed by atoms with Gasteiger partial charge in [0, 0.05) is 25.6 Å². The second kappa shape index (κ2) is 7.15. The number of carboxylic acids is 1. The first-order chi connectivity index (χ1) is 12.4. The zero-order valence-corrected chi connectivity index (χ0v) is 14.5. The summed E-state index contributed by atoms with van der Waals surface area (Å²) in [4.78, 5) is 51.8. The number of benzene rings is 1. The van der Waals surface area contributed by atoms with E-state index in [1.165, 1.54) is 4.57 Å². The molecule has 1 fully saturated rings. The van der Waals surface area contributed by atoms with Crippen molar-refractivity contribution in [3.63, 3.8) is 0 Å². The molecule has 2 atom stereocenters. The summed E-state index contributed by atoms with van der Waals surface area (Å²) in [6.07, 6.45) is 1.27. The SMILES string of the molecule is C[C@@H]1[C@H](C(=O)O)CCCN1C(=O)CCn1c(=O)[nH]c(=O)c2ccccc21. The molecule has 8 heteroatoms. The van der Waals surface area contributed by atoms with Gasteiger partial charge in [-0.15, -0.1) is 0 Å². The lowest BCUT2D eigenvalue weighted by Crippen LogP contribution is -2.49. The number of nitrogens with zero attached hydrogens (tertiary/aromatic N) is 2. The number of carbonyl (C=O) groups is 2. The number of piperidine rings is 1. The summed E-state index contributed by atoms with van der Waals surface area (Å²) in [7, 11) is 0. The molecule has 0 radical (unpaired) electrons. The first-order valence-corrected chi connectivity index (χ1v) is 8.64. The fraction of sp³-hybridized carbons (Fsp3) is 0.444. The maximum Gasteiger partial charge on any atom is 0.328 e. The van der Waals surface area contributed by atoms with Gasteiger partial charge in [-0.2, -0.15) is 0 Å². The van der Waals surface area contributed by atoms with E-state index in [-0.39, 0.29) is 24.9 Å². The van der Waals surface area contributed by atoms with E-state index in [9.17, 15) is 24.3 Å². The zero-order chi connectivity index (χ0) is 18.8. The summed E-state index contributed by atoms with van der Waals surface area (Å²) >= 11 is 0. The van der Waals surface area contributed by atoms with Crippen molar-refractivity contribution in [1.29, 1.82) is 0 Å². The average Bonchev–Trinajstić information content (AvgIpc) is 2.61. The highest BCUT2D eigenvalue weighted by molar-refractivity contribution is 5.80. The Balaban J connectivity index is 1.80. The van der Waals surface area contributed by atoms with Crippen LogP contribution in [0, 0.1) is 5.92 Å². The molecule has 1 aromatic carbocycles. The highest BCUT2D eigenvalue weighted by Gasteiger charge is 2.35. The van der Waals surface area contributed by atoms with Gasteiger partial charge in [0.05, 0.1) is 16.8 Å². The topological polar surface area (TPSA) is 112 Å². The Bertz CT molecular complexity index is 961. The summed E-state index contributed by atoms with van der Waals surface area (Å²) in [5.41, 5.74) is -0.539. The number of para-hydroxylation sites is 1. The van der Waals surface area contributed by atoms with Crippen molar-refractivity contribution in [1.82, 2.24) is 14.5 Å². The molecule has 1 aliphatic heterocycles. The zero-order valence-electron chi connectivity index (χ0n) is 14.5. The first-order valence-electron chi connectivity index (χ1n) is 8.64. The molecule has 3 rings (SSSR count). The molecule has 1 amide bonds. The average molecular weight is 359 g/mol. The summed E-state index contributed by atoms with van der Waals surface area (Å²) in [6, 6.07) is 6.34. The van der Waals surface area contributed by atoms with Crippen LogP contribution in [0.5, 0.6) is 0 Å². The largest absolute Gasteiger partial charge is 0.481 e. The van der Waals surface area contributed by atoms with Crippen LogP contribution in [-0.4, -0.2) is 44.0 Å². The van der Waals surface area contributed by atoms with E-state index in [1.54, 1.807) is 36.1 Å². The van der Waals surface area contributed by atoms with Crippen molar-refractivity contribution in [2.75, 3.05) is 6.54 Å². The van der Waals surface area contributed by atoms with Crippen LogP contribution in [0.15, 0.2) is 33.9 Å². The lowest BCUT2D eigenvalue weighted by atomic mass is 9.90. The number of carboxylic acid groups (broad SMARTS) is 1. The highest BCUT2D eigenvalue weighted by atomic mass is 16.4. The minimum Gasteiger partial charge on any atom is -0.481 e. The molecule has 1 saturated heterocycles. The molecule has 8 nitrogen and oxygen atoms in total. The molecule has 2 N–H and O–H groups in total. The van der Waals surface area contributed by atoms with Gasteiger partial charge in [0.25, 0.3) is 5.56 Å². The summed E-state index contributed by atoms with van der Waals surface area (Å²) in [5, 5.41) is 9.67. The molecule has 0 bridgehead atoms. The first kappa shape index (κ1) is 17.9. The van der Waals surface area contributed by atoms with Crippen LogP contribution in [0.1, 0.15) is 26.2 Å². The van der Waals surface area contributed by atoms with E-state index >= 15 is 0 Å². The number of amides is 1. The van der Waals surface area contributed by atoms with E-state index in [4.69, 9.17) is 0 Å². The Hall–Kier alpha value is -2.90. The van der Waals surface area contributed by atoms with Crippen molar-refractivity contribution in [3.8, 4) is 0 Å². The molecule has 1 aliphatic rings. The fourth-order valence-corrected chi connectivity index (χ4v) is 3.64. The number of aromatic amines is 1.